The Balaban J connectivity index is 2.01. The summed E-state index contributed by atoms with van der Waals surface area (Å²) in [7, 11) is 0. The van der Waals surface area contributed by atoms with Crippen LogP contribution in [0.2, 0.25) is 0 Å². The van der Waals surface area contributed by atoms with Crippen molar-refractivity contribution >= 4 is 5.78 Å². The van der Waals surface area contributed by atoms with Crippen LogP contribution >= 0.6 is 0 Å². The van der Waals surface area contributed by atoms with Crippen molar-refractivity contribution in [2.24, 2.45) is 0 Å². The molecule has 1 saturated heterocycles. The highest BCUT2D eigenvalue weighted by Gasteiger charge is 2.45. The fraction of sp³-hybridized carbons (Fsp3) is 0.588. The summed E-state index contributed by atoms with van der Waals surface area (Å²) in [4.78, 5) is 11.0. The van der Waals surface area contributed by atoms with Crippen molar-refractivity contribution in [1.29, 1.82) is 0 Å². The molecule has 1 heterocycles. The fourth-order valence-electron chi connectivity index (χ4n) is 2.57. The first kappa shape index (κ1) is 19.7. The van der Waals surface area contributed by atoms with Gasteiger partial charge in [-0.05, 0) is 31.0 Å². The predicted octanol–water partition coefficient (Wildman–Crippen LogP) is 1.05. The van der Waals surface area contributed by atoms with Gasteiger partial charge in [0, 0.05) is 12.8 Å². The zero-order valence-corrected chi connectivity index (χ0v) is 13.7. The SMILES string of the molecule is CC(=O)CCc1ccc(O[C@@H]2O[C@H](CC(F)F)[C@@H](O)[C@H](O)[C@H]2O)cc1. The standard InChI is InChI=1S/C17H22F2O6/c1-9(20)2-3-10-4-6-11(7-5-10)24-17-16(23)15(22)14(21)12(25-17)8-13(18)19/h4-7,12-17,21-23H,2-3,8H2,1H3/t12-,14-,15+,16-,17-/m1/s1. The molecule has 0 radical (unpaired) electrons. The second kappa shape index (κ2) is 8.66. The van der Waals surface area contributed by atoms with E-state index in [4.69, 9.17) is 9.47 Å². The lowest BCUT2D eigenvalue weighted by molar-refractivity contribution is -0.277. The second-order valence-electron chi connectivity index (χ2n) is 6.11. The molecule has 0 saturated carbocycles. The second-order valence-corrected chi connectivity index (χ2v) is 6.11. The van der Waals surface area contributed by atoms with Crippen molar-refractivity contribution in [2.45, 2.75) is 63.3 Å². The van der Waals surface area contributed by atoms with Gasteiger partial charge in [-0.2, -0.15) is 0 Å². The third-order valence-corrected chi connectivity index (χ3v) is 4.02. The van der Waals surface area contributed by atoms with Gasteiger partial charge in [0.2, 0.25) is 12.7 Å². The topological polar surface area (TPSA) is 96.2 Å². The summed E-state index contributed by atoms with van der Waals surface area (Å²) in [5.74, 6) is 0.381. The van der Waals surface area contributed by atoms with Crippen LogP contribution in [0.15, 0.2) is 24.3 Å². The first-order valence-electron chi connectivity index (χ1n) is 8.00. The maximum Gasteiger partial charge on any atom is 0.241 e. The van der Waals surface area contributed by atoms with Gasteiger partial charge >= 0.3 is 0 Å². The van der Waals surface area contributed by atoms with Crippen LogP contribution in [-0.4, -0.2) is 58.2 Å². The third-order valence-electron chi connectivity index (χ3n) is 4.02. The van der Waals surface area contributed by atoms with Crippen LogP contribution in [0.3, 0.4) is 0 Å². The molecule has 0 amide bonds. The zero-order valence-electron chi connectivity index (χ0n) is 13.7. The van der Waals surface area contributed by atoms with E-state index >= 15 is 0 Å². The molecule has 6 nitrogen and oxygen atoms in total. The predicted molar refractivity (Wildman–Crippen MR) is 83.4 cm³/mol. The number of ketones is 1. The average Bonchev–Trinajstić information content (AvgIpc) is 2.56. The van der Waals surface area contributed by atoms with Gasteiger partial charge in [-0.3, -0.25) is 0 Å². The van der Waals surface area contributed by atoms with E-state index in [0.717, 1.165) is 5.56 Å². The van der Waals surface area contributed by atoms with E-state index in [0.29, 0.717) is 18.6 Å². The number of halogens is 2. The summed E-state index contributed by atoms with van der Waals surface area (Å²) in [6.07, 6.45) is -10.1. The normalized spacial score (nSPS) is 29.6. The van der Waals surface area contributed by atoms with E-state index in [9.17, 15) is 28.9 Å². The number of aliphatic hydroxyl groups is 3. The number of ether oxygens (including phenoxy) is 2. The van der Waals surface area contributed by atoms with Gasteiger partial charge in [0.1, 0.15) is 29.8 Å². The number of aliphatic hydroxyl groups excluding tert-OH is 3. The van der Waals surface area contributed by atoms with Crippen LogP contribution in [0.1, 0.15) is 25.3 Å². The molecule has 0 spiro atoms. The largest absolute Gasteiger partial charge is 0.462 e. The van der Waals surface area contributed by atoms with Crippen LogP contribution in [0.25, 0.3) is 0 Å². The highest BCUT2D eigenvalue weighted by molar-refractivity contribution is 5.75. The average molecular weight is 360 g/mol. The molecule has 0 aromatic heterocycles. The summed E-state index contributed by atoms with van der Waals surface area (Å²) < 4.78 is 35.7. The van der Waals surface area contributed by atoms with Crippen LogP contribution in [0.4, 0.5) is 8.78 Å². The number of rotatable bonds is 7. The molecule has 3 N–H and O–H groups in total. The van der Waals surface area contributed by atoms with Crippen molar-refractivity contribution in [1.82, 2.24) is 0 Å². The van der Waals surface area contributed by atoms with E-state index in [1.807, 2.05) is 0 Å². The number of benzene rings is 1. The Labute approximate surface area is 144 Å². The lowest BCUT2D eigenvalue weighted by Gasteiger charge is -2.40. The van der Waals surface area contributed by atoms with Gasteiger partial charge in [0.05, 0.1) is 6.10 Å². The summed E-state index contributed by atoms with van der Waals surface area (Å²) in [6, 6.07) is 6.64. The molecule has 1 aromatic rings. The van der Waals surface area contributed by atoms with E-state index in [1.54, 1.807) is 24.3 Å². The van der Waals surface area contributed by atoms with Gasteiger partial charge in [-0.1, -0.05) is 12.1 Å². The van der Waals surface area contributed by atoms with Crippen molar-refractivity contribution in [3.05, 3.63) is 29.8 Å². The smallest absolute Gasteiger partial charge is 0.241 e. The van der Waals surface area contributed by atoms with Gasteiger partial charge in [-0.25, -0.2) is 8.78 Å². The maximum atomic E-state index is 12.5. The van der Waals surface area contributed by atoms with E-state index < -0.39 is 43.6 Å². The summed E-state index contributed by atoms with van der Waals surface area (Å²) in [5, 5.41) is 29.5. The Kier molecular flexibility index (Phi) is 6.83. The number of alkyl halides is 2. The van der Waals surface area contributed by atoms with Crippen LogP contribution in [0.5, 0.6) is 5.75 Å². The Hall–Kier alpha value is -1.61. The number of aryl methyl sites for hydroxylation is 1. The minimum atomic E-state index is -2.73. The van der Waals surface area contributed by atoms with Crippen LogP contribution < -0.4 is 4.74 Å². The molecular formula is C17H22F2O6. The molecule has 1 aliphatic heterocycles. The molecule has 8 heteroatoms. The quantitative estimate of drug-likeness (QED) is 0.673. The lowest BCUT2D eigenvalue weighted by Crippen LogP contribution is -2.59. The fourth-order valence-corrected chi connectivity index (χ4v) is 2.57. The Morgan fingerprint density at radius 3 is 2.36 bits per heavy atom. The molecule has 0 aliphatic carbocycles. The van der Waals surface area contributed by atoms with Gasteiger partial charge in [0.25, 0.3) is 0 Å². The first-order valence-corrected chi connectivity index (χ1v) is 8.00. The maximum absolute atomic E-state index is 12.5. The van der Waals surface area contributed by atoms with Gasteiger partial charge in [0.15, 0.2) is 0 Å². The first-order chi connectivity index (χ1) is 11.8. The number of hydrogen-bond donors (Lipinski definition) is 3. The van der Waals surface area contributed by atoms with E-state index in [-0.39, 0.29) is 5.78 Å². The molecule has 0 bridgehead atoms. The van der Waals surface area contributed by atoms with Crippen molar-refractivity contribution in [3.8, 4) is 5.75 Å². The van der Waals surface area contributed by atoms with Crippen LogP contribution in [0, 0.1) is 0 Å². The highest BCUT2D eigenvalue weighted by Crippen LogP contribution is 2.27. The number of Topliss-reactive ketones (excluding diaryl/α,β-unsaturated/α-hetero) is 1. The van der Waals surface area contributed by atoms with Crippen LogP contribution in [-0.2, 0) is 16.0 Å². The number of carbonyl (C=O) groups excluding carboxylic acids is 1. The molecule has 1 aromatic carbocycles. The molecule has 1 fully saturated rings. The molecule has 2 rings (SSSR count). The van der Waals surface area contributed by atoms with Crippen molar-refractivity contribution in [2.75, 3.05) is 0 Å². The lowest BCUT2D eigenvalue weighted by atomic mass is 9.97. The monoisotopic (exact) mass is 360 g/mol. The summed E-state index contributed by atoms with van der Waals surface area (Å²) in [6.45, 7) is 1.51. The zero-order chi connectivity index (χ0) is 18.6. The number of hydrogen-bond acceptors (Lipinski definition) is 6. The van der Waals surface area contributed by atoms with E-state index in [1.165, 1.54) is 6.92 Å². The van der Waals surface area contributed by atoms with E-state index in [2.05, 4.69) is 0 Å². The third kappa shape index (κ3) is 5.43. The minimum absolute atomic E-state index is 0.0803. The Morgan fingerprint density at radius 2 is 1.80 bits per heavy atom. The summed E-state index contributed by atoms with van der Waals surface area (Å²) in [5.41, 5.74) is 0.915. The number of carbonyl (C=O) groups is 1. The van der Waals surface area contributed by atoms with Gasteiger partial charge in [-0.15, -0.1) is 0 Å². The molecule has 1 aliphatic rings. The van der Waals surface area contributed by atoms with Gasteiger partial charge < -0.3 is 29.6 Å². The highest BCUT2D eigenvalue weighted by atomic mass is 19.3. The molecule has 5 atom stereocenters. The summed E-state index contributed by atoms with van der Waals surface area (Å²) >= 11 is 0. The minimum Gasteiger partial charge on any atom is -0.462 e. The molecule has 140 valence electrons. The Morgan fingerprint density at radius 1 is 1.16 bits per heavy atom. The Bertz CT molecular complexity index is 565. The molecule has 25 heavy (non-hydrogen) atoms. The molecular weight excluding hydrogens is 338 g/mol. The molecule has 0 unspecified atom stereocenters. The van der Waals surface area contributed by atoms with Crippen molar-refractivity contribution < 1.29 is 38.4 Å². The van der Waals surface area contributed by atoms with Crippen molar-refractivity contribution in [3.63, 3.8) is 0 Å².